The molecule has 0 rings (SSSR count). The normalized spacial score (nSPS) is 9.00. The molecule has 8 heteroatoms. The van der Waals surface area contributed by atoms with Crippen LogP contribution >= 0.6 is 0 Å². The van der Waals surface area contributed by atoms with Crippen LogP contribution in [0.5, 0.6) is 0 Å². The molecule has 0 aromatic carbocycles. The van der Waals surface area contributed by atoms with Gasteiger partial charge in [0.25, 0.3) is 0 Å². The third kappa shape index (κ3) is 12.2. The summed E-state index contributed by atoms with van der Waals surface area (Å²) in [5.74, 6) is -0.875. The highest BCUT2D eigenvalue weighted by Crippen LogP contribution is 1.96. The van der Waals surface area contributed by atoms with Crippen molar-refractivity contribution in [2.24, 2.45) is 9.98 Å². The van der Waals surface area contributed by atoms with Crippen molar-refractivity contribution in [3.05, 3.63) is 0 Å². The Labute approximate surface area is 115 Å². The number of rotatable bonds is 11. The summed E-state index contributed by atoms with van der Waals surface area (Å²) in [6, 6.07) is 0. The molecule has 0 amide bonds. The molecule has 0 aliphatic carbocycles. The molecule has 0 aliphatic rings. The Morgan fingerprint density at radius 1 is 0.800 bits per heavy atom. The highest BCUT2D eigenvalue weighted by atomic mass is 16.5. The van der Waals surface area contributed by atoms with Crippen molar-refractivity contribution in [2.75, 3.05) is 26.3 Å². The van der Waals surface area contributed by atoms with Crippen LogP contribution in [0.15, 0.2) is 9.98 Å². The number of aliphatic imine (C=N–C) groups is 2. The monoisotopic (exact) mass is 284 g/mol. The molecule has 0 spiro atoms. The zero-order chi connectivity index (χ0) is 15.1. The Kier molecular flexibility index (Phi) is 11.6. The van der Waals surface area contributed by atoms with E-state index in [1.165, 1.54) is 12.2 Å². The maximum atomic E-state index is 11.1. The third-order valence-electron chi connectivity index (χ3n) is 2.05. The predicted octanol–water partition coefficient (Wildman–Crippen LogP) is 0.305. The van der Waals surface area contributed by atoms with Gasteiger partial charge in [-0.3, -0.25) is 9.59 Å². The summed E-state index contributed by atoms with van der Waals surface area (Å²) >= 11 is 0. The van der Waals surface area contributed by atoms with Crippen LogP contribution in [0.1, 0.15) is 25.7 Å². The van der Waals surface area contributed by atoms with Gasteiger partial charge in [-0.05, 0) is 12.8 Å². The van der Waals surface area contributed by atoms with Gasteiger partial charge in [-0.15, -0.1) is 0 Å². The molecule has 0 aromatic rings. The highest BCUT2D eigenvalue weighted by Gasteiger charge is 2.03. The molecule has 0 saturated heterocycles. The Morgan fingerprint density at radius 2 is 1.20 bits per heavy atom. The van der Waals surface area contributed by atoms with Gasteiger partial charge in [-0.2, -0.15) is 0 Å². The lowest BCUT2D eigenvalue weighted by molar-refractivity contribution is -0.145. The van der Waals surface area contributed by atoms with Gasteiger partial charge in [0, 0.05) is 0 Å². The van der Waals surface area contributed by atoms with E-state index < -0.39 is 11.9 Å². The molecule has 0 aromatic heterocycles. The number of nitrogens with zero attached hydrogens (tertiary/aromatic N) is 2. The molecule has 8 nitrogen and oxygen atoms in total. The van der Waals surface area contributed by atoms with Gasteiger partial charge < -0.3 is 9.47 Å². The summed E-state index contributed by atoms with van der Waals surface area (Å²) in [6.45, 7) is 0.583. The van der Waals surface area contributed by atoms with Crippen LogP contribution in [0.4, 0.5) is 0 Å². The van der Waals surface area contributed by atoms with Crippen molar-refractivity contribution in [2.45, 2.75) is 25.7 Å². The van der Waals surface area contributed by atoms with Crippen molar-refractivity contribution in [1.82, 2.24) is 0 Å². The molecule has 0 saturated carbocycles. The molecule has 0 heterocycles. The van der Waals surface area contributed by atoms with E-state index in [4.69, 9.17) is 9.47 Å². The van der Waals surface area contributed by atoms with Crippen LogP contribution in [-0.2, 0) is 28.7 Å². The Morgan fingerprint density at radius 3 is 1.55 bits per heavy atom. The smallest absolute Gasteiger partial charge is 0.307 e. The van der Waals surface area contributed by atoms with Crippen LogP contribution in [0.3, 0.4) is 0 Å². The lowest BCUT2D eigenvalue weighted by atomic mass is 10.3. The van der Waals surface area contributed by atoms with Crippen LogP contribution in [0.25, 0.3) is 0 Å². The summed E-state index contributed by atoms with van der Waals surface area (Å²) in [5, 5.41) is 0. The minimum absolute atomic E-state index is 0.0431. The van der Waals surface area contributed by atoms with E-state index >= 15 is 0 Å². The van der Waals surface area contributed by atoms with E-state index in [-0.39, 0.29) is 39.1 Å². The topological polar surface area (TPSA) is 111 Å². The Hall–Kier alpha value is -2.30. The highest BCUT2D eigenvalue weighted by molar-refractivity contribution is 5.70. The van der Waals surface area contributed by atoms with Gasteiger partial charge in [0.15, 0.2) is 0 Å². The molecule has 0 fully saturated rings. The minimum atomic E-state index is -0.437. The minimum Gasteiger partial charge on any atom is -0.466 e. The molecule has 0 radical (unpaired) electrons. The first-order chi connectivity index (χ1) is 9.70. The molecule has 0 unspecified atom stereocenters. The zero-order valence-corrected chi connectivity index (χ0v) is 11.0. The molecule has 0 bridgehead atoms. The van der Waals surface area contributed by atoms with Crippen LogP contribution < -0.4 is 0 Å². The third-order valence-corrected chi connectivity index (χ3v) is 2.05. The number of hydrogen-bond donors (Lipinski definition) is 0. The second kappa shape index (κ2) is 13.1. The maximum Gasteiger partial charge on any atom is 0.307 e. The SMILES string of the molecule is O=C=NCCC(=O)OCCCCOC(=O)CCN=C=O. The van der Waals surface area contributed by atoms with Crippen molar-refractivity contribution < 1.29 is 28.7 Å². The number of carbonyl (C=O) groups is 2. The van der Waals surface area contributed by atoms with Crippen LogP contribution in [-0.4, -0.2) is 50.4 Å². The second-order valence-electron chi connectivity index (χ2n) is 3.59. The van der Waals surface area contributed by atoms with E-state index in [0.717, 1.165) is 0 Å². The summed E-state index contributed by atoms with van der Waals surface area (Å²) in [6.07, 6.45) is 3.86. The van der Waals surface area contributed by atoms with E-state index in [2.05, 4.69) is 9.98 Å². The summed E-state index contributed by atoms with van der Waals surface area (Å²) < 4.78 is 9.70. The van der Waals surface area contributed by atoms with Crippen LogP contribution in [0, 0.1) is 0 Å². The fourth-order valence-corrected chi connectivity index (χ4v) is 1.11. The fourth-order valence-electron chi connectivity index (χ4n) is 1.11. The molecule has 0 aliphatic heterocycles. The van der Waals surface area contributed by atoms with E-state index in [0.29, 0.717) is 12.8 Å². The van der Waals surface area contributed by atoms with Gasteiger partial charge in [-0.1, -0.05) is 0 Å². The standard InChI is InChI=1S/C12H16N2O6/c15-9-13-5-3-11(17)19-7-1-2-8-20-12(18)4-6-14-10-16/h1-8H2. The van der Waals surface area contributed by atoms with Gasteiger partial charge in [0.1, 0.15) is 0 Å². The molecular weight excluding hydrogens is 268 g/mol. The summed E-state index contributed by atoms with van der Waals surface area (Å²) in [4.78, 5) is 48.1. The maximum absolute atomic E-state index is 11.1. The zero-order valence-electron chi connectivity index (χ0n) is 11.0. The number of hydrogen-bond acceptors (Lipinski definition) is 8. The van der Waals surface area contributed by atoms with E-state index in [1.807, 2.05) is 0 Å². The first-order valence-electron chi connectivity index (χ1n) is 6.09. The number of ether oxygens (including phenoxy) is 2. The van der Waals surface area contributed by atoms with Crippen molar-refractivity contribution in [3.63, 3.8) is 0 Å². The number of carbonyl (C=O) groups excluding carboxylic acids is 4. The lowest BCUT2D eigenvalue weighted by Gasteiger charge is -2.05. The number of isocyanates is 2. The number of unbranched alkanes of at least 4 members (excludes halogenated alkanes) is 1. The fraction of sp³-hybridized carbons (Fsp3) is 0.667. The van der Waals surface area contributed by atoms with Crippen molar-refractivity contribution in [1.29, 1.82) is 0 Å². The van der Waals surface area contributed by atoms with Gasteiger partial charge >= 0.3 is 11.9 Å². The van der Waals surface area contributed by atoms with Gasteiger partial charge in [0.05, 0.1) is 39.1 Å². The van der Waals surface area contributed by atoms with Crippen molar-refractivity contribution in [3.8, 4) is 0 Å². The van der Waals surface area contributed by atoms with Gasteiger partial charge in [0.2, 0.25) is 12.2 Å². The van der Waals surface area contributed by atoms with E-state index in [9.17, 15) is 19.2 Å². The average molecular weight is 284 g/mol. The lowest BCUT2D eigenvalue weighted by Crippen LogP contribution is -2.10. The van der Waals surface area contributed by atoms with Gasteiger partial charge in [-0.25, -0.2) is 19.6 Å². The summed E-state index contributed by atoms with van der Waals surface area (Å²) in [7, 11) is 0. The largest absolute Gasteiger partial charge is 0.466 e. The Bertz CT molecular complexity index is 359. The number of esters is 2. The first kappa shape index (κ1) is 17.7. The first-order valence-corrected chi connectivity index (χ1v) is 6.09. The summed E-state index contributed by atoms with van der Waals surface area (Å²) in [5.41, 5.74) is 0. The molecule has 0 N–H and O–H groups in total. The van der Waals surface area contributed by atoms with Crippen molar-refractivity contribution >= 4 is 24.1 Å². The molecule has 110 valence electrons. The molecule has 0 atom stereocenters. The molecule has 20 heavy (non-hydrogen) atoms. The quantitative estimate of drug-likeness (QED) is 0.233. The van der Waals surface area contributed by atoms with Crippen LogP contribution in [0.2, 0.25) is 0 Å². The predicted molar refractivity (Wildman–Crippen MR) is 66.4 cm³/mol. The van der Waals surface area contributed by atoms with E-state index in [1.54, 1.807) is 0 Å². The average Bonchev–Trinajstić information content (AvgIpc) is 2.43. The molecular formula is C12H16N2O6. The Balaban J connectivity index is 3.39. The second-order valence-corrected chi connectivity index (χ2v) is 3.59.